The van der Waals surface area contributed by atoms with Crippen LogP contribution in [0.3, 0.4) is 0 Å². The van der Waals surface area contributed by atoms with Crippen molar-refractivity contribution in [2.24, 2.45) is 0 Å². The molecule has 0 amide bonds. The first kappa shape index (κ1) is 16.7. The van der Waals surface area contributed by atoms with E-state index < -0.39 is 10.2 Å². The zero-order valence-corrected chi connectivity index (χ0v) is 13.8. The molecule has 0 spiro atoms. The largest absolute Gasteiger partial charge is 0.396 e. The van der Waals surface area contributed by atoms with Crippen LogP contribution in [0.15, 0.2) is 16.6 Å². The Hall–Kier alpha value is -0.340. The Labute approximate surface area is 126 Å². The van der Waals surface area contributed by atoms with Crippen molar-refractivity contribution in [2.45, 2.75) is 13.3 Å². The topological polar surface area (TPSA) is 69.6 Å². The fourth-order valence-electron chi connectivity index (χ4n) is 1.35. The highest BCUT2D eigenvalue weighted by Gasteiger charge is 2.18. The number of anilines is 1. The SMILES string of the molecule is Cc1cc(Br)c(NS(=O)(=O)N(C)CCCO)cc1Cl. The summed E-state index contributed by atoms with van der Waals surface area (Å²) in [5, 5.41) is 9.20. The van der Waals surface area contributed by atoms with Crippen molar-refractivity contribution in [3.63, 3.8) is 0 Å². The predicted octanol–water partition coefficient (Wildman–Crippen LogP) is 2.38. The molecule has 19 heavy (non-hydrogen) atoms. The molecule has 0 atom stereocenters. The zero-order chi connectivity index (χ0) is 14.6. The first-order valence-electron chi connectivity index (χ1n) is 5.58. The highest BCUT2D eigenvalue weighted by Crippen LogP contribution is 2.30. The lowest BCUT2D eigenvalue weighted by Gasteiger charge is -2.19. The molecule has 8 heteroatoms. The molecule has 108 valence electrons. The van der Waals surface area contributed by atoms with Gasteiger partial charge in [0.2, 0.25) is 0 Å². The number of nitrogens with one attached hydrogen (secondary N) is 1. The van der Waals surface area contributed by atoms with Gasteiger partial charge in [-0.1, -0.05) is 11.6 Å². The number of halogens is 2. The molecule has 0 bridgehead atoms. The van der Waals surface area contributed by atoms with Crippen molar-refractivity contribution >= 4 is 43.4 Å². The molecule has 5 nitrogen and oxygen atoms in total. The van der Waals surface area contributed by atoms with Crippen molar-refractivity contribution in [3.8, 4) is 0 Å². The smallest absolute Gasteiger partial charge is 0.301 e. The van der Waals surface area contributed by atoms with E-state index in [9.17, 15) is 8.42 Å². The van der Waals surface area contributed by atoms with Gasteiger partial charge in [-0.05, 0) is 47.0 Å². The molecule has 0 saturated heterocycles. The third-order valence-electron chi connectivity index (χ3n) is 2.53. The van der Waals surface area contributed by atoms with Gasteiger partial charge in [-0.15, -0.1) is 0 Å². The fraction of sp³-hybridized carbons (Fsp3) is 0.455. The van der Waals surface area contributed by atoms with E-state index in [-0.39, 0.29) is 13.2 Å². The van der Waals surface area contributed by atoms with E-state index in [2.05, 4.69) is 20.7 Å². The van der Waals surface area contributed by atoms with Gasteiger partial charge in [-0.25, -0.2) is 0 Å². The molecular formula is C11H16BrClN2O3S. The maximum atomic E-state index is 12.0. The summed E-state index contributed by atoms with van der Waals surface area (Å²) < 4.78 is 28.3. The molecule has 0 aromatic heterocycles. The van der Waals surface area contributed by atoms with Crippen LogP contribution in [-0.2, 0) is 10.2 Å². The maximum Gasteiger partial charge on any atom is 0.301 e. The summed E-state index contributed by atoms with van der Waals surface area (Å²) in [6.07, 6.45) is 0.382. The number of aliphatic hydroxyl groups is 1. The second-order valence-electron chi connectivity index (χ2n) is 4.09. The number of aryl methyl sites for hydroxylation is 1. The van der Waals surface area contributed by atoms with Crippen LogP contribution in [0.4, 0.5) is 5.69 Å². The van der Waals surface area contributed by atoms with E-state index >= 15 is 0 Å². The molecule has 0 aliphatic rings. The predicted molar refractivity (Wildman–Crippen MR) is 80.8 cm³/mol. The Morgan fingerprint density at radius 2 is 2.11 bits per heavy atom. The van der Waals surface area contributed by atoms with Crippen molar-refractivity contribution < 1.29 is 13.5 Å². The fourth-order valence-corrected chi connectivity index (χ4v) is 3.18. The van der Waals surface area contributed by atoms with Crippen molar-refractivity contribution in [2.75, 3.05) is 24.9 Å². The van der Waals surface area contributed by atoms with Crippen LogP contribution in [0.1, 0.15) is 12.0 Å². The summed E-state index contributed by atoms with van der Waals surface area (Å²) in [6, 6.07) is 3.30. The van der Waals surface area contributed by atoms with Gasteiger partial charge in [0.15, 0.2) is 0 Å². The molecule has 0 aliphatic heterocycles. The van der Waals surface area contributed by atoms with Crippen molar-refractivity contribution in [1.29, 1.82) is 0 Å². The lowest BCUT2D eigenvalue weighted by molar-refractivity contribution is 0.276. The molecule has 1 aromatic rings. The van der Waals surface area contributed by atoms with Gasteiger partial charge in [0.1, 0.15) is 0 Å². The average molecular weight is 372 g/mol. The van der Waals surface area contributed by atoms with E-state index in [4.69, 9.17) is 16.7 Å². The molecule has 2 N–H and O–H groups in total. The first-order valence-corrected chi connectivity index (χ1v) is 8.19. The van der Waals surface area contributed by atoms with E-state index in [1.54, 1.807) is 12.1 Å². The molecule has 0 radical (unpaired) electrons. The van der Waals surface area contributed by atoms with Crippen LogP contribution in [-0.4, -0.2) is 38.0 Å². The van der Waals surface area contributed by atoms with E-state index in [1.165, 1.54) is 7.05 Å². The summed E-state index contributed by atoms with van der Waals surface area (Å²) in [6.45, 7) is 2.02. The molecular weight excluding hydrogens is 356 g/mol. The van der Waals surface area contributed by atoms with Crippen LogP contribution in [0.5, 0.6) is 0 Å². The van der Waals surface area contributed by atoms with Gasteiger partial charge >= 0.3 is 10.2 Å². The minimum atomic E-state index is -3.65. The number of hydrogen-bond donors (Lipinski definition) is 2. The van der Waals surface area contributed by atoms with Gasteiger partial charge in [-0.3, -0.25) is 4.72 Å². The number of aliphatic hydroxyl groups excluding tert-OH is 1. The Balaban J connectivity index is 2.92. The normalized spacial score (nSPS) is 11.9. The summed E-state index contributed by atoms with van der Waals surface area (Å²) in [5.41, 5.74) is 1.23. The molecule has 1 aromatic carbocycles. The van der Waals surface area contributed by atoms with Gasteiger partial charge in [0.25, 0.3) is 0 Å². The highest BCUT2D eigenvalue weighted by molar-refractivity contribution is 9.10. The van der Waals surface area contributed by atoms with Gasteiger partial charge in [0.05, 0.1) is 5.69 Å². The third kappa shape index (κ3) is 4.61. The van der Waals surface area contributed by atoms with Crippen molar-refractivity contribution in [3.05, 3.63) is 27.2 Å². The van der Waals surface area contributed by atoms with Crippen LogP contribution < -0.4 is 4.72 Å². The molecule has 1 rings (SSSR count). The lowest BCUT2D eigenvalue weighted by Crippen LogP contribution is -2.33. The molecule has 0 aliphatic carbocycles. The number of nitrogens with zero attached hydrogens (tertiary/aromatic N) is 1. The van der Waals surface area contributed by atoms with E-state index in [0.29, 0.717) is 21.6 Å². The first-order chi connectivity index (χ1) is 8.77. The summed E-state index contributed by atoms with van der Waals surface area (Å²) >= 11 is 9.27. The standard InChI is InChI=1S/C11H16BrClN2O3S/c1-8-6-9(12)11(7-10(8)13)14-19(17,18)15(2)4-3-5-16/h6-7,14,16H,3-5H2,1-2H3. The van der Waals surface area contributed by atoms with Crippen LogP contribution in [0, 0.1) is 6.92 Å². The van der Waals surface area contributed by atoms with Gasteiger partial charge in [-0.2, -0.15) is 12.7 Å². The number of hydrogen-bond acceptors (Lipinski definition) is 3. The van der Waals surface area contributed by atoms with Gasteiger partial charge < -0.3 is 5.11 Å². The molecule has 0 unspecified atom stereocenters. The molecule has 0 saturated carbocycles. The minimum Gasteiger partial charge on any atom is -0.396 e. The monoisotopic (exact) mass is 370 g/mol. The second kappa shape index (κ2) is 6.90. The maximum absolute atomic E-state index is 12.0. The van der Waals surface area contributed by atoms with Crippen LogP contribution >= 0.6 is 27.5 Å². The Morgan fingerprint density at radius 1 is 1.47 bits per heavy atom. The minimum absolute atomic E-state index is 0.0556. The lowest BCUT2D eigenvalue weighted by atomic mass is 10.2. The van der Waals surface area contributed by atoms with Gasteiger partial charge in [0, 0.05) is 29.7 Å². The van der Waals surface area contributed by atoms with Crippen molar-refractivity contribution in [1.82, 2.24) is 4.31 Å². The molecule has 0 fully saturated rings. The summed E-state index contributed by atoms with van der Waals surface area (Å²) in [4.78, 5) is 0. The third-order valence-corrected chi connectivity index (χ3v) is 5.07. The highest BCUT2D eigenvalue weighted by atomic mass is 79.9. The summed E-state index contributed by atoms with van der Waals surface area (Å²) in [7, 11) is -2.21. The van der Waals surface area contributed by atoms with E-state index in [0.717, 1.165) is 9.87 Å². The number of rotatable bonds is 6. The Bertz CT molecular complexity index is 551. The Kier molecular flexibility index (Phi) is 6.07. The summed E-state index contributed by atoms with van der Waals surface area (Å²) in [5.74, 6) is 0. The average Bonchev–Trinajstić information content (AvgIpc) is 2.32. The Morgan fingerprint density at radius 3 is 2.68 bits per heavy atom. The number of benzene rings is 1. The molecule has 0 heterocycles. The van der Waals surface area contributed by atoms with Crippen LogP contribution in [0.25, 0.3) is 0 Å². The van der Waals surface area contributed by atoms with Crippen LogP contribution in [0.2, 0.25) is 5.02 Å². The van der Waals surface area contributed by atoms with E-state index in [1.807, 2.05) is 6.92 Å². The quantitative estimate of drug-likeness (QED) is 0.806. The second-order valence-corrected chi connectivity index (χ2v) is 7.13. The zero-order valence-electron chi connectivity index (χ0n) is 10.7.